The summed E-state index contributed by atoms with van der Waals surface area (Å²) in [6, 6.07) is 15.3. The Hall–Kier alpha value is -2.57. The highest BCUT2D eigenvalue weighted by molar-refractivity contribution is 6.34. The predicted octanol–water partition coefficient (Wildman–Crippen LogP) is 3.76. The number of aliphatic imine (C=N–C) groups is 1. The van der Waals surface area contributed by atoms with Crippen molar-refractivity contribution in [2.24, 2.45) is 10.7 Å². The second-order valence-corrected chi connectivity index (χ2v) is 8.78. The predicted molar refractivity (Wildman–Crippen MR) is 115 cm³/mol. The molecule has 1 amide bonds. The number of carbonyl (C=O) groups excluding carboxylic acids is 1. The van der Waals surface area contributed by atoms with Crippen LogP contribution in [-0.2, 0) is 10.3 Å². The standard InChI is InChI=1S/C22H25ClN4O2/c1-21(29)11-15(12-21)27-18(28)13-22(2,26-20(27)24)16-9-6-10-17(19(16)23)25-14-7-4-3-5-8-14/h3-10,15,25,29H,11-13H2,1-2H3,(H2,24,26)/t15?,21?,22-/m0/s1. The number of nitrogens with two attached hydrogens (primary N) is 1. The summed E-state index contributed by atoms with van der Waals surface area (Å²) in [4.78, 5) is 19.2. The van der Waals surface area contributed by atoms with Gasteiger partial charge >= 0.3 is 0 Å². The van der Waals surface area contributed by atoms with Crippen molar-refractivity contribution in [3.63, 3.8) is 0 Å². The molecule has 0 radical (unpaired) electrons. The Morgan fingerprint density at radius 3 is 2.48 bits per heavy atom. The molecule has 1 heterocycles. The van der Waals surface area contributed by atoms with Crippen molar-refractivity contribution in [3.05, 3.63) is 59.1 Å². The van der Waals surface area contributed by atoms with Gasteiger partial charge in [0.1, 0.15) is 0 Å². The summed E-state index contributed by atoms with van der Waals surface area (Å²) in [5.41, 5.74) is 7.02. The van der Waals surface area contributed by atoms with Gasteiger partial charge < -0.3 is 16.2 Å². The Kier molecular flexibility index (Phi) is 4.79. The minimum absolute atomic E-state index is 0.0991. The molecule has 1 aliphatic heterocycles. The first-order valence-corrected chi connectivity index (χ1v) is 10.1. The zero-order chi connectivity index (χ0) is 20.8. The van der Waals surface area contributed by atoms with E-state index in [1.165, 1.54) is 4.90 Å². The second-order valence-electron chi connectivity index (χ2n) is 8.40. The van der Waals surface area contributed by atoms with Gasteiger partial charge in [0, 0.05) is 17.3 Å². The van der Waals surface area contributed by atoms with Crippen molar-refractivity contribution >= 4 is 34.8 Å². The largest absolute Gasteiger partial charge is 0.390 e. The molecule has 29 heavy (non-hydrogen) atoms. The van der Waals surface area contributed by atoms with Crippen LogP contribution >= 0.6 is 11.6 Å². The quantitative estimate of drug-likeness (QED) is 0.713. The fourth-order valence-corrected chi connectivity index (χ4v) is 4.64. The van der Waals surface area contributed by atoms with Crippen LogP contribution in [0.2, 0.25) is 5.02 Å². The van der Waals surface area contributed by atoms with Crippen LogP contribution in [-0.4, -0.2) is 33.5 Å². The van der Waals surface area contributed by atoms with Crippen LogP contribution in [0.1, 0.15) is 38.7 Å². The van der Waals surface area contributed by atoms with E-state index in [1.54, 1.807) is 6.92 Å². The van der Waals surface area contributed by atoms with Crippen LogP contribution in [0.25, 0.3) is 0 Å². The number of nitrogens with one attached hydrogen (secondary N) is 1. The SMILES string of the molecule is CC1(O)CC(N2C(=O)C[C@@](C)(c3cccc(Nc4ccccc4)c3Cl)N=C2N)C1. The summed E-state index contributed by atoms with van der Waals surface area (Å²) in [7, 11) is 0. The third kappa shape index (κ3) is 3.70. The van der Waals surface area contributed by atoms with Crippen LogP contribution < -0.4 is 11.1 Å². The number of carbonyl (C=O) groups is 1. The molecule has 0 saturated heterocycles. The molecule has 1 fully saturated rings. The normalized spacial score (nSPS) is 29.2. The van der Waals surface area contributed by atoms with Crippen molar-refractivity contribution in [3.8, 4) is 0 Å². The van der Waals surface area contributed by atoms with E-state index in [1.807, 2.05) is 55.5 Å². The Balaban J connectivity index is 1.63. The number of rotatable bonds is 4. The number of guanidine groups is 1. The fraction of sp³-hybridized carbons (Fsp3) is 0.364. The maximum absolute atomic E-state index is 13.0. The molecular weight excluding hydrogens is 388 g/mol. The van der Waals surface area contributed by atoms with Gasteiger partial charge in [-0.3, -0.25) is 9.69 Å². The van der Waals surface area contributed by atoms with Gasteiger partial charge in [-0.05, 0) is 44.9 Å². The molecule has 1 atom stereocenters. The number of hydrogen-bond acceptors (Lipinski definition) is 5. The molecule has 6 nitrogen and oxygen atoms in total. The third-order valence-electron chi connectivity index (χ3n) is 5.72. The highest BCUT2D eigenvalue weighted by Crippen LogP contribution is 2.43. The molecule has 0 unspecified atom stereocenters. The summed E-state index contributed by atoms with van der Waals surface area (Å²) >= 11 is 6.72. The van der Waals surface area contributed by atoms with Gasteiger partial charge in [0.05, 0.1) is 28.3 Å². The van der Waals surface area contributed by atoms with Crippen molar-refractivity contribution < 1.29 is 9.90 Å². The van der Waals surface area contributed by atoms with E-state index in [-0.39, 0.29) is 24.3 Å². The first-order chi connectivity index (χ1) is 13.7. The zero-order valence-electron chi connectivity index (χ0n) is 16.5. The molecular formula is C22H25ClN4O2. The van der Waals surface area contributed by atoms with Gasteiger partial charge in [0.25, 0.3) is 0 Å². The van der Waals surface area contributed by atoms with Gasteiger partial charge in [-0.2, -0.15) is 0 Å². The molecule has 1 saturated carbocycles. The van der Waals surface area contributed by atoms with E-state index in [2.05, 4.69) is 10.3 Å². The fourth-order valence-electron chi connectivity index (χ4n) is 4.26. The summed E-state index contributed by atoms with van der Waals surface area (Å²) in [5, 5.41) is 13.8. The van der Waals surface area contributed by atoms with Crippen molar-refractivity contribution in [1.82, 2.24) is 4.90 Å². The molecule has 7 heteroatoms. The second kappa shape index (κ2) is 7.04. The van der Waals surface area contributed by atoms with E-state index in [4.69, 9.17) is 17.3 Å². The molecule has 2 aromatic carbocycles. The Bertz CT molecular complexity index is 968. The number of benzene rings is 2. The number of amides is 1. The highest BCUT2D eigenvalue weighted by atomic mass is 35.5. The Labute approximate surface area is 175 Å². The average molecular weight is 413 g/mol. The lowest BCUT2D eigenvalue weighted by Gasteiger charge is -2.48. The molecule has 2 aliphatic rings. The summed E-state index contributed by atoms with van der Waals surface area (Å²) in [5.74, 6) is 0.0831. The van der Waals surface area contributed by atoms with E-state index in [0.29, 0.717) is 17.9 Å². The molecule has 4 rings (SSSR count). The highest BCUT2D eigenvalue weighted by Gasteiger charge is 2.48. The maximum atomic E-state index is 13.0. The van der Waals surface area contributed by atoms with Crippen LogP contribution in [0.5, 0.6) is 0 Å². The van der Waals surface area contributed by atoms with E-state index >= 15 is 0 Å². The van der Waals surface area contributed by atoms with Crippen LogP contribution in [0, 0.1) is 0 Å². The van der Waals surface area contributed by atoms with Crippen LogP contribution in [0.3, 0.4) is 0 Å². The molecule has 2 aromatic rings. The van der Waals surface area contributed by atoms with Gasteiger partial charge in [-0.25, -0.2) is 4.99 Å². The minimum Gasteiger partial charge on any atom is -0.390 e. The number of anilines is 2. The molecule has 4 N–H and O–H groups in total. The third-order valence-corrected chi connectivity index (χ3v) is 6.13. The van der Waals surface area contributed by atoms with Crippen LogP contribution in [0.15, 0.2) is 53.5 Å². The number of aliphatic hydroxyl groups is 1. The van der Waals surface area contributed by atoms with E-state index < -0.39 is 11.1 Å². The number of halogens is 1. The monoisotopic (exact) mass is 412 g/mol. The van der Waals surface area contributed by atoms with Gasteiger partial charge in [0.2, 0.25) is 5.91 Å². The number of para-hydroxylation sites is 1. The zero-order valence-corrected chi connectivity index (χ0v) is 17.3. The van der Waals surface area contributed by atoms with Gasteiger partial charge in [-0.15, -0.1) is 0 Å². The summed E-state index contributed by atoms with van der Waals surface area (Å²) < 4.78 is 0. The lowest BCUT2D eigenvalue weighted by molar-refractivity contribution is -0.138. The lowest BCUT2D eigenvalue weighted by atomic mass is 9.75. The summed E-state index contributed by atoms with van der Waals surface area (Å²) in [6.07, 6.45) is 1.17. The Morgan fingerprint density at radius 2 is 1.86 bits per heavy atom. The topological polar surface area (TPSA) is 91.0 Å². The first kappa shape index (κ1) is 19.7. The molecule has 1 aliphatic carbocycles. The summed E-state index contributed by atoms with van der Waals surface area (Å²) in [6.45, 7) is 3.64. The number of hydrogen-bond donors (Lipinski definition) is 3. The lowest BCUT2D eigenvalue weighted by Crippen LogP contribution is -2.61. The van der Waals surface area contributed by atoms with E-state index in [9.17, 15) is 9.90 Å². The molecule has 152 valence electrons. The average Bonchev–Trinajstić information content (AvgIpc) is 2.62. The molecule has 0 spiro atoms. The molecule has 0 bridgehead atoms. The smallest absolute Gasteiger partial charge is 0.232 e. The number of nitrogens with zero attached hydrogens (tertiary/aromatic N) is 2. The van der Waals surface area contributed by atoms with Crippen LogP contribution in [0.4, 0.5) is 11.4 Å². The van der Waals surface area contributed by atoms with Gasteiger partial charge in [0.15, 0.2) is 5.96 Å². The van der Waals surface area contributed by atoms with E-state index in [0.717, 1.165) is 16.9 Å². The minimum atomic E-state index is -0.852. The van der Waals surface area contributed by atoms with Crippen molar-refractivity contribution in [2.75, 3.05) is 5.32 Å². The maximum Gasteiger partial charge on any atom is 0.232 e. The van der Waals surface area contributed by atoms with Crippen molar-refractivity contribution in [1.29, 1.82) is 0 Å². The molecule has 0 aromatic heterocycles. The first-order valence-electron chi connectivity index (χ1n) is 9.69. The Morgan fingerprint density at radius 1 is 1.17 bits per heavy atom. The van der Waals surface area contributed by atoms with Gasteiger partial charge in [-0.1, -0.05) is 41.9 Å². The van der Waals surface area contributed by atoms with Crippen molar-refractivity contribution in [2.45, 2.75) is 50.3 Å².